The Hall–Kier alpha value is -3.34. The summed E-state index contributed by atoms with van der Waals surface area (Å²) in [6.07, 6.45) is 2.10. The molecule has 1 saturated carbocycles. The van der Waals surface area contributed by atoms with Gasteiger partial charge in [0.05, 0.1) is 38.9 Å². The van der Waals surface area contributed by atoms with E-state index in [1.165, 1.54) is 13.2 Å². The molecule has 3 heterocycles. The van der Waals surface area contributed by atoms with Gasteiger partial charge in [0.25, 0.3) is 0 Å². The van der Waals surface area contributed by atoms with Crippen molar-refractivity contribution in [3.05, 3.63) is 28.9 Å². The first-order valence-electron chi connectivity index (χ1n) is 12.0. The summed E-state index contributed by atoms with van der Waals surface area (Å²) in [4.78, 5) is 34.0. The highest BCUT2D eigenvalue weighted by Crippen LogP contribution is 2.54. The molecule has 12 heteroatoms. The Morgan fingerprint density at radius 1 is 1.35 bits per heavy atom. The van der Waals surface area contributed by atoms with Crippen molar-refractivity contribution in [2.45, 2.75) is 51.7 Å². The van der Waals surface area contributed by atoms with E-state index in [1.54, 1.807) is 20.8 Å². The number of benzene rings is 1. The monoisotopic (exact) mass is 535 g/mol. The van der Waals surface area contributed by atoms with Crippen molar-refractivity contribution in [2.24, 2.45) is 5.41 Å². The zero-order valence-electron chi connectivity index (χ0n) is 20.9. The van der Waals surface area contributed by atoms with Gasteiger partial charge in [0.1, 0.15) is 11.2 Å². The number of carboxylic acid groups (broad SMARTS) is 1. The fourth-order valence-electron chi connectivity index (χ4n) is 5.38. The minimum Gasteiger partial charge on any atom is -0.465 e. The molecule has 1 saturated heterocycles. The molecule has 9 nitrogen and oxygen atoms in total. The highest BCUT2D eigenvalue weighted by atomic mass is 35.5. The molecule has 2 amide bonds. The Labute approximate surface area is 216 Å². The molecule has 3 aromatic rings. The molecular formula is C25H28ClF2N5O4. The van der Waals surface area contributed by atoms with E-state index in [4.69, 9.17) is 16.3 Å². The van der Waals surface area contributed by atoms with Gasteiger partial charge in [-0.3, -0.25) is 4.90 Å². The minimum atomic E-state index is -1.33. The zero-order valence-corrected chi connectivity index (χ0v) is 21.7. The number of rotatable bonds is 3. The number of nitrogens with zero attached hydrogens (tertiary/aromatic N) is 3. The number of carbonyl (C=O) groups excluding carboxylic acids is 1. The molecule has 2 aromatic heterocycles. The largest absolute Gasteiger partial charge is 0.465 e. The summed E-state index contributed by atoms with van der Waals surface area (Å²) in [6.45, 7) is 6.56. The maximum absolute atomic E-state index is 15.3. The van der Waals surface area contributed by atoms with Gasteiger partial charge in [-0.2, -0.15) is 0 Å². The number of nitrogens with one attached hydrogen (secondary N) is 2. The third-order valence-electron chi connectivity index (χ3n) is 7.15. The molecule has 2 fully saturated rings. The van der Waals surface area contributed by atoms with Gasteiger partial charge in [-0.1, -0.05) is 11.6 Å². The van der Waals surface area contributed by atoms with Crippen molar-refractivity contribution in [2.75, 3.05) is 29.9 Å². The highest BCUT2D eigenvalue weighted by Gasteiger charge is 2.57. The standard InChI is InChI=1S/C25H28ClF2N5O4/c1-24(2,3)37-22(34)30-15-9-25(15)6-5-7-33(11-25)20-12(26)10-29-21-17(20)16-18(28)13(27)8-14(19(16)31-21)32(4)23(35)36/h8,10,15H,5-7,9,11H2,1-4H3,(H,29,31)(H,30,34)(H,35,36)/t15-,25-/m1/s1. The molecule has 198 valence electrons. The Morgan fingerprint density at radius 3 is 2.76 bits per heavy atom. The second-order valence-corrected chi connectivity index (χ2v) is 11.3. The third-order valence-corrected chi connectivity index (χ3v) is 7.43. The van der Waals surface area contributed by atoms with Crippen LogP contribution in [0.25, 0.3) is 21.9 Å². The Morgan fingerprint density at radius 2 is 2.08 bits per heavy atom. The molecule has 3 N–H and O–H groups in total. The van der Waals surface area contributed by atoms with Gasteiger partial charge in [-0.15, -0.1) is 0 Å². The first kappa shape index (κ1) is 25.3. The van der Waals surface area contributed by atoms with E-state index >= 15 is 4.39 Å². The van der Waals surface area contributed by atoms with Crippen molar-refractivity contribution >= 4 is 57.1 Å². The van der Waals surface area contributed by atoms with Gasteiger partial charge in [-0.25, -0.2) is 23.4 Å². The quantitative estimate of drug-likeness (QED) is 0.400. The van der Waals surface area contributed by atoms with E-state index < -0.39 is 29.4 Å². The molecule has 5 rings (SSSR count). The average Bonchev–Trinajstić information content (AvgIpc) is 3.27. The van der Waals surface area contributed by atoms with E-state index in [0.29, 0.717) is 18.8 Å². The smallest absolute Gasteiger partial charge is 0.411 e. The number of aromatic nitrogens is 2. The number of halogens is 3. The maximum Gasteiger partial charge on any atom is 0.411 e. The molecule has 1 aromatic carbocycles. The van der Waals surface area contributed by atoms with Crippen molar-refractivity contribution in [1.29, 1.82) is 0 Å². The van der Waals surface area contributed by atoms with Gasteiger partial charge in [0.2, 0.25) is 0 Å². The predicted molar refractivity (Wildman–Crippen MR) is 137 cm³/mol. The van der Waals surface area contributed by atoms with E-state index in [-0.39, 0.29) is 44.1 Å². The summed E-state index contributed by atoms with van der Waals surface area (Å²) in [5, 5.41) is 12.9. The second-order valence-electron chi connectivity index (χ2n) is 10.9. The lowest BCUT2D eigenvalue weighted by Gasteiger charge is -2.36. The van der Waals surface area contributed by atoms with Crippen LogP contribution in [0.1, 0.15) is 40.0 Å². The summed E-state index contributed by atoms with van der Waals surface area (Å²) in [5.41, 5.74) is 0.0194. The number of aromatic amines is 1. The normalized spacial score (nSPS) is 21.5. The van der Waals surface area contributed by atoms with E-state index in [1.807, 2.05) is 4.90 Å². The molecule has 1 spiro atoms. The number of hydrogen-bond donors (Lipinski definition) is 3. The Kier molecular flexibility index (Phi) is 5.89. The Balaban J connectivity index is 1.55. The molecule has 2 atom stereocenters. The number of pyridine rings is 1. The summed E-state index contributed by atoms with van der Waals surface area (Å²) in [6, 6.07) is 0.768. The van der Waals surface area contributed by atoms with Crippen molar-refractivity contribution in [3.63, 3.8) is 0 Å². The molecule has 1 aliphatic heterocycles. The molecule has 37 heavy (non-hydrogen) atoms. The topological polar surface area (TPSA) is 111 Å². The van der Waals surface area contributed by atoms with Crippen molar-refractivity contribution < 1.29 is 28.2 Å². The lowest BCUT2D eigenvalue weighted by molar-refractivity contribution is 0.0514. The molecular weight excluding hydrogens is 508 g/mol. The third kappa shape index (κ3) is 4.39. The number of alkyl carbamates (subject to hydrolysis) is 1. The highest BCUT2D eigenvalue weighted by molar-refractivity contribution is 6.36. The lowest BCUT2D eigenvalue weighted by Crippen LogP contribution is -2.42. The molecule has 1 aliphatic carbocycles. The number of H-pyrrole nitrogens is 1. The number of carbonyl (C=O) groups is 2. The van der Waals surface area contributed by atoms with Crippen LogP contribution in [0.5, 0.6) is 0 Å². The minimum absolute atomic E-state index is 0.0413. The number of anilines is 2. The number of amides is 2. The number of ether oxygens (including phenoxy) is 1. The van der Waals surface area contributed by atoms with Gasteiger partial charge in [0.15, 0.2) is 11.6 Å². The van der Waals surface area contributed by atoms with E-state index in [2.05, 4.69) is 15.3 Å². The lowest BCUT2D eigenvalue weighted by atomic mass is 9.93. The van der Waals surface area contributed by atoms with Crippen LogP contribution in [0.15, 0.2) is 12.3 Å². The van der Waals surface area contributed by atoms with Crippen LogP contribution in [-0.2, 0) is 4.74 Å². The summed E-state index contributed by atoms with van der Waals surface area (Å²) >= 11 is 6.62. The first-order chi connectivity index (χ1) is 17.3. The zero-order chi connectivity index (χ0) is 26.9. The fourth-order valence-corrected chi connectivity index (χ4v) is 5.65. The maximum atomic E-state index is 15.3. The summed E-state index contributed by atoms with van der Waals surface area (Å²) < 4.78 is 35.4. The van der Waals surface area contributed by atoms with Gasteiger partial charge < -0.3 is 25.0 Å². The van der Waals surface area contributed by atoms with Crippen LogP contribution in [0.3, 0.4) is 0 Å². The van der Waals surface area contributed by atoms with Crippen molar-refractivity contribution in [1.82, 2.24) is 15.3 Å². The molecule has 0 unspecified atom stereocenters. The number of fused-ring (bicyclic) bond motifs is 3. The number of piperidine rings is 1. The van der Waals surface area contributed by atoms with Crippen LogP contribution in [0.2, 0.25) is 5.02 Å². The SMILES string of the molecule is CN(C(=O)O)c1cc(F)c(F)c2c1[nH]c1ncc(Cl)c(N3CCC[C@@]4(C[C@H]4NC(=O)OC(C)(C)C)C3)c12. The van der Waals surface area contributed by atoms with Crippen LogP contribution < -0.4 is 15.1 Å². The second kappa shape index (κ2) is 8.61. The van der Waals surface area contributed by atoms with Gasteiger partial charge in [0, 0.05) is 37.7 Å². The fraction of sp³-hybridized carbons (Fsp3) is 0.480. The number of hydrogen-bond acceptors (Lipinski definition) is 5. The van der Waals surface area contributed by atoms with E-state index in [9.17, 15) is 19.1 Å². The van der Waals surface area contributed by atoms with Crippen molar-refractivity contribution in [3.8, 4) is 0 Å². The summed E-state index contributed by atoms with van der Waals surface area (Å²) in [5.74, 6) is -2.29. The first-order valence-corrected chi connectivity index (χ1v) is 12.4. The van der Waals surface area contributed by atoms with Crippen LogP contribution in [0.4, 0.5) is 29.7 Å². The van der Waals surface area contributed by atoms with Crippen LogP contribution in [0, 0.1) is 17.0 Å². The van der Waals surface area contributed by atoms with E-state index in [0.717, 1.165) is 30.2 Å². The average molecular weight is 536 g/mol. The summed E-state index contributed by atoms with van der Waals surface area (Å²) in [7, 11) is 1.25. The predicted octanol–water partition coefficient (Wildman–Crippen LogP) is 5.65. The molecule has 0 bridgehead atoms. The Bertz CT molecular complexity index is 1440. The van der Waals surface area contributed by atoms with Gasteiger partial charge in [-0.05, 0) is 40.0 Å². The van der Waals surface area contributed by atoms with Crippen LogP contribution in [-0.4, -0.2) is 59.0 Å². The van der Waals surface area contributed by atoms with Crippen LogP contribution >= 0.6 is 11.6 Å². The molecule has 2 aliphatic rings. The van der Waals surface area contributed by atoms with Gasteiger partial charge >= 0.3 is 12.2 Å². The molecule has 0 radical (unpaired) electrons.